The average molecular weight is 575 g/mol. The minimum Gasteiger partial charge on any atom is -0.487 e. The molecule has 10 heteroatoms. The number of carbonyl (C=O) groups is 3. The fourth-order valence-electron chi connectivity index (χ4n) is 6.03. The van der Waals surface area contributed by atoms with Gasteiger partial charge in [0, 0.05) is 56.3 Å². The lowest BCUT2D eigenvalue weighted by Crippen LogP contribution is -2.54. The number of nitrogens with zero attached hydrogens (tertiary/aromatic N) is 2. The lowest BCUT2D eigenvalue weighted by Gasteiger charge is -2.39. The molecule has 2 N–H and O–H groups in total. The van der Waals surface area contributed by atoms with Gasteiger partial charge in [-0.1, -0.05) is 36.4 Å². The highest BCUT2D eigenvalue weighted by Gasteiger charge is 2.39. The maximum atomic E-state index is 14.4. The number of rotatable bonds is 8. The first-order valence-electron chi connectivity index (χ1n) is 14.2. The van der Waals surface area contributed by atoms with E-state index in [2.05, 4.69) is 10.6 Å². The number of hydrogen-bond donors (Lipinski definition) is 2. The molecule has 218 valence electrons. The average Bonchev–Trinajstić information content (AvgIpc) is 3.30. The Bertz CT molecular complexity index is 1480. The second kappa shape index (κ2) is 12.0. The van der Waals surface area contributed by atoms with E-state index < -0.39 is 23.6 Å². The molecule has 3 aliphatic heterocycles. The molecule has 0 aromatic heterocycles. The lowest BCUT2D eigenvalue weighted by atomic mass is 10.00. The fraction of sp³-hybridized carbons (Fsp3) is 0.344. The van der Waals surface area contributed by atoms with Gasteiger partial charge in [0.25, 0.3) is 5.91 Å². The molecule has 0 bridgehead atoms. The summed E-state index contributed by atoms with van der Waals surface area (Å²) in [4.78, 5) is 40.6. The van der Waals surface area contributed by atoms with Crippen LogP contribution >= 0.6 is 0 Å². The van der Waals surface area contributed by atoms with Gasteiger partial charge in [-0.25, -0.2) is 8.78 Å². The number of piperidine rings is 2. The van der Waals surface area contributed by atoms with E-state index in [0.29, 0.717) is 43.8 Å². The molecule has 3 aromatic carbocycles. The molecule has 2 fully saturated rings. The summed E-state index contributed by atoms with van der Waals surface area (Å²) in [7, 11) is 0. The molecule has 3 aromatic rings. The second-order valence-corrected chi connectivity index (χ2v) is 11.1. The summed E-state index contributed by atoms with van der Waals surface area (Å²) in [5.41, 5.74) is 2.43. The van der Waals surface area contributed by atoms with Crippen molar-refractivity contribution < 1.29 is 27.9 Å². The van der Waals surface area contributed by atoms with Crippen LogP contribution in [0.5, 0.6) is 5.75 Å². The van der Waals surface area contributed by atoms with Gasteiger partial charge in [-0.15, -0.1) is 0 Å². The van der Waals surface area contributed by atoms with Crippen molar-refractivity contribution in [3.63, 3.8) is 0 Å². The summed E-state index contributed by atoms with van der Waals surface area (Å²) in [5, 5.41) is 5.92. The van der Waals surface area contributed by atoms with E-state index in [1.165, 1.54) is 23.1 Å². The second-order valence-electron chi connectivity index (χ2n) is 11.1. The molecular formula is C32H32F2N4O4. The number of halogens is 2. The molecule has 0 radical (unpaired) electrons. The lowest BCUT2D eigenvalue weighted by molar-refractivity contribution is -0.136. The van der Waals surface area contributed by atoms with Crippen molar-refractivity contribution in [3.05, 3.63) is 101 Å². The predicted octanol–water partition coefficient (Wildman–Crippen LogP) is 3.54. The molecule has 0 spiro atoms. The molecule has 1 unspecified atom stereocenters. The molecule has 0 aliphatic carbocycles. The molecule has 3 atom stereocenters. The number of benzene rings is 3. The van der Waals surface area contributed by atoms with E-state index >= 15 is 0 Å². The zero-order valence-corrected chi connectivity index (χ0v) is 23.0. The Morgan fingerprint density at radius 2 is 1.74 bits per heavy atom. The predicted molar refractivity (Wildman–Crippen MR) is 150 cm³/mol. The highest BCUT2D eigenvalue weighted by molar-refractivity contribution is 6.05. The highest BCUT2D eigenvalue weighted by atomic mass is 19.1. The molecule has 6 rings (SSSR count). The van der Waals surface area contributed by atoms with Crippen molar-refractivity contribution in [2.45, 2.75) is 57.1 Å². The van der Waals surface area contributed by atoms with Crippen LogP contribution in [0.15, 0.2) is 66.7 Å². The largest absolute Gasteiger partial charge is 0.487 e. The van der Waals surface area contributed by atoms with Crippen LogP contribution in [0.1, 0.15) is 46.3 Å². The third kappa shape index (κ3) is 5.91. The van der Waals surface area contributed by atoms with Gasteiger partial charge >= 0.3 is 0 Å². The van der Waals surface area contributed by atoms with E-state index in [4.69, 9.17) is 4.74 Å². The number of imide groups is 1. The maximum Gasteiger partial charge on any atom is 0.255 e. The van der Waals surface area contributed by atoms with Crippen molar-refractivity contribution in [2.24, 2.45) is 0 Å². The minimum absolute atomic E-state index is 0.0261. The number of fused-ring (bicyclic) bond motifs is 1. The number of nitrogens with one attached hydrogen (secondary N) is 2. The van der Waals surface area contributed by atoms with Crippen LogP contribution in [0, 0.1) is 11.6 Å². The molecule has 2 saturated heterocycles. The molecule has 3 aliphatic rings. The van der Waals surface area contributed by atoms with Gasteiger partial charge in [0.2, 0.25) is 11.8 Å². The Morgan fingerprint density at radius 3 is 2.50 bits per heavy atom. The summed E-state index contributed by atoms with van der Waals surface area (Å²) in [6, 6.07) is 18.5. The summed E-state index contributed by atoms with van der Waals surface area (Å²) in [6.45, 7) is 2.10. The zero-order valence-electron chi connectivity index (χ0n) is 23.0. The van der Waals surface area contributed by atoms with Gasteiger partial charge in [-0.05, 0) is 54.3 Å². The van der Waals surface area contributed by atoms with Crippen molar-refractivity contribution in [3.8, 4) is 5.75 Å². The Morgan fingerprint density at radius 1 is 0.952 bits per heavy atom. The van der Waals surface area contributed by atoms with Gasteiger partial charge < -0.3 is 15.0 Å². The highest BCUT2D eigenvalue weighted by Crippen LogP contribution is 2.31. The molecule has 8 nitrogen and oxygen atoms in total. The van der Waals surface area contributed by atoms with E-state index in [1.807, 2.05) is 41.3 Å². The van der Waals surface area contributed by atoms with E-state index in [-0.39, 0.29) is 49.0 Å². The first-order valence-corrected chi connectivity index (χ1v) is 14.2. The summed E-state index contributed by atoms with van der Waals surface area (Å²) in [6.07, 6.45) is 0.860. The SMILES string of the molecule is O=C1CCC(N2Cc3cc(O[C@@H]4CN(Cc5c(F)cccc5F)CC[C@H]4NCc4ccccc4)ccc3C2=O)C(=O)N1. The first kappa shape index (κ1) is 28.0. The van der Waals surface area contributed by atoms with Crippen LogP contribution < -0.4 is 15.4 Å². The third-order valence-electron chi connectivity index (χ3n) is 8.28. The van der Waals surface area contributed by atoms with E-state index in [9.17, 15) is 23.2 Å². The number of amides is 3. The number of likely N-dealkylation sites (tertiary alicyclic amines) is 1. The monoisotopic (exact) mass is 574 g/mol. The van der Waals surface area contributed by atoms with Crippen LogP contribution in [-0.4, -0.2) is 58.8 Å². The standard InChI is InChI=1S/C32H32F2N4O4/c33-25-7-4-8-26(34)24(25)18-37-14-13-27(35-16-20-5-2-1-3-6-20)29(19-37)42-22-9-10-23-21(15-22)17-38(32(23)41)28-11-12-30(39)36-31(28)40/h1-10,15,27-29,35H,11-14,16-19H2,(H,36,39,40)/t27-,28?,29-/m1/s1. The summed E-state index contributed by atoms with van der Waals surface area (Å²) < 4.78 is 35.4. The quantitative estimate of drug-likeness (QED) is 0.400. The van der Waals surface area contributed by atoms with Crippen LogP contribution in [0.4, 0.5) is 8.78 Å². The number of hydrogen-bond acceptors (Lipinski definition) is 6. The normalized spacial score (nSPS) is 22.7. The Balaban J connectivity index is 1.19. The first-order chi connectivity index (χ1) is 20.4. The van der Waals surface area contributed by atoms with Gasteiger partial charge in [-0.2, -0.15) is 0 Å². The van der Waals surface area contributed by atoms with Crippen LogP contribution in [0.3, 0.4) is 0 Å². The van der Waals surface area contributed by atoms with Gasteiger partial charge in [0.1, 0.15) is 29.5 Å². The zero-order chi connectivity index (χ0) is 29.2. The Hall–Kier alpha value is -4.15. The van der Waals surface area contributed by atoms with Crippen molar-refractivity contribution in [2.75, 3.05) is 13.1 Å². The molecule has 42 heavy (non-hydrogen) atoms. The topological polar surface area (TPSA) is 91.0 Å². The Kier molecular flexibility index (Phi) is 7.99. The number of ether oxygens (including phenoxy) is 1. The van der Waals surface area contributed by atoms with Crippen LogP contribution in [0.2, 0.25) is 0 Å². The molecular weight excluding hydrogens is 542 g/mol. The molecule has 0 saturated carbocycles. The van der Waals surface area contributed by atoms with Gasteiger partial charge in [-0.3, -0.25) is 24.6 Å². The van der Waals surface area contributed by atoms with Gasteiger partial charge in [0.15, 0.2) is 0 Å². The third-order valence-corrected chi connectivity index (χ3v) is 8.28. The van der Waals surface area contributed by atoms with Crippen molar-refractivity contribution in [1.29, 1.82) is 0 Å². The summed E-state index contributed by atoms with van der Waals surface area (Å²) >= 11 is 0. The van der Waals surface area contributed by atoms with Crippen molar-refractivity contribution >= 4 is 17.7 Å². The smallest absolute Gasteiger partial charge is 0.255 e. The van der Waals surface area contributed by atoms with Crippen LogP contribution in [-0.2, 0) is 29.2 Å². The van der Waals surface area contributed by atoms with Gasteiger partial charge in [0.05, 0.1) is 0 Å². The minimum atomic E-state index is -0.691. The molecule has 3 heterocycles. The molecule has 3 amide bonds. The van der Waals surface area contributed by atoms with E-state index in [1.54, 1.807) is 12.1 Å². The Labute approximate surface area is 242 Å². The van der Waals surface area contributed by atoms with E-state index in [0.717, 1.165) is 11.1 Å². The number of carbonyl (C=O) groups excluding carboxylic acids is 3. The van der Waals surface area contributed by atoms with Crippen LogP contribution in [0.25, 0.3) is 0 Å². The summed E-state index contributed by atoms with van der Waals surface area (Å²) in [5.74, 6) is -1.59. The fourth-order valence-corrected chi connectivity index (χ4v) is 6.03. The van der Waals surface area contributed by atoms with Crippen molar-refractivity contribution in [1.82, 2.24) is 20.4 Å². The maximum absolute atomic E-state index is 14.4.